The van der Waals surface area contributed by atoms with Crippen LogP contribution in [0.4, 0.5) is 4.39 Å². The average molecular weight is 447 g/mol. The molecule has 0 bridgehead atoms. The molecule has 3 N–H and O–H groups in total. The van der Waals surface area contributed by atoms with Crippen LogP contribution < -0.4 is 16.2 Å². The van der Waals surface area contributed by atoms with Gasteiger partial charge in [0.2, 0.25) is 11.6 Å². The van der Waals surface area contributed by atoms with Crippen LogP contribution >= 0.6 is 0 Å². The molecular formula is C20H21FN6O5. The summed E-state index contributed by atoms with van der Waals surface area (Å²) in [6.07, 6.45) is 0. The number of hydrogen-bond acceptors (Lipinski definition) is 8. The maximum Gasteiger partial charge on any atom is 0.309 e. The fraction of sp³-hybridized carbons (Fsp3) is 0.300. The lowest BCUT2D eigenvalue weighted by Crippen LogP contribution is -2.46. The Bertz CT molecular complexity index is 1330. The van der Waals surface area contributed by atoms with Crippen LogP contribution in [0.5, 0.6) is 5.75 Å². The number of aromatic hydroxyl groups is 1. The van der Waals surface area contributed by atoms with Crippen LogP contribution in [0.25, 0.3) is 0 Å². The van der Waals surface area contributed by atoms with E-state index in [4.69, 9.17) is 8.53 Å². The van der Waals surface area contributed by atoms with Crippen LogP contribution in [0.2, 0.25) is 0 Å². The molecule has 0 aliphatic heterocycles. The van der Waals surface area contributed by atoms with Gasteiger partial charge >= 0.3 is 11.8 Å². The maximum atomic E-state index is 13.1. The second-order valence-corrected chi connectivity index (χ2v) is 7.30. The lowest BCUT2D eigenvalue weighted by Gasteiger charge is -2.27. The smallest absolute Gasteiger partial charge is 0.309 e. The first kappa shape index (κ1) is 18.7. The minimum absolute atomic E-state index is 0.0338. The quantitative estimate of drug-likeness (QED) is 0.504. The first-order valence-electron chi connectivity index (χ1n) is 10.7. The number of benzene rings is 1. The van der Waals surface area contributed by atoms with Crippen molar-refractivity contribution in [2.24, 2.45) is 7.05 Å². The van der Waals surface area contributed by atoms with Gasteiger partial charge in [0.1, 0.15) is 11.6 Å². The molecule has 0 spiro atoms. The molecule has 0 aliphatic carbocycles. The molecular weight excluding hydrogens is 423 g/mol. The van der Waals surface area contributed by atoms with Crippen molar-refractivity contribution >= 4 is 11.8 Å². The van der Waals surface area contributed by atoms with E-state index in [1.165, 1.54) is 45.2 Å². The van der Waals surface area contributed by atoms with Gasteiger partial charge in [0.05, 0.1) is 5.54 Å². The second-order valence-electron chi connectivity index (χ2n) is 7.30. The number of carbonyl (C=O) groups is 2. The normalized spacial score (nSPS) is 13.1. The van der Waals surface area contributed by atoms with Crippen molar-refractivity contribution < 1.29 is 27.6 Å². The Hall–Kier alpha value is -4.09. The van der Waals surface area contributed by atoms with Gasteiger partial charge in [-0.15, -0.1) is 10.2 Å². The molecule has 0 unspecified atom stereocenters. The monoisotopic (exact) mass is 447 g/mol. The molecule has 3 rings (SSSR count). The summed E-state index contributed by atoms with van der Waals surface area (Å²) < 4.78 is 40.7. The predicted molar refractivity (Wildman–Crippen MR) is 108 cm³/mol. The van der Waals surface area contributed by atoms with Crippen molar-refractivity contribution in [3.8, 4) is 5.75 Å². The van der Waals surface area contributed by atoms with Gasteiger partial charge in [0.15, 0.2) is 5.69 Å². The number of halogens is 1. The first-order chi connectivity index (χ1) is 16.2. The fourth-order valence-corrected chi connectivity index (χ4v) is 2.88. The summed E-state index contributed by atoms with van der Waals surface area (Å²) in [6.45, 7) is 0.156. The van der Waals surface area contributed by atoms with Crippen molar-refractivity contribution in [3.63, 3.8) is 0 Å². The first-order valence-corrected chi connectivity index (χ1v) is 9.20. The Labute approximate surface area is 185 Å². The van der Waals surface area contributed by atoms with Gasteiger partial charge in [-0.25, -0.2) is 9.37 Å². The average Bonchev–Trinajstić information content (AvgIpc) is 3.28. The zero-order chi connectivity index (χ0) is 26.1. The lowest BCUT2D eigenvalue weighted by atomic mass is 10.0. The fourth-order valence-electron chi connectivity index (χ4n) is 2.88. The van der Waals surface area contributed by atoms with Gasteiger partial charge in [-0.1, -0.05) is 12.1 Å². The zero-order valence-electron chi connectivity index (χ0n) is 20.3. The number of nitrogens with zero attached hydrogens (tertiary/aromatic N) is 4. The summed E-state index contributed by atoms with van der Waals surface area (Å²) in [4.78, 5) is 41.9. The topological polar surface area (TPSA) is 152 Å². The Morgan fingerprint density at radius 3 is 2.56 bits per heavy atom. The highest BCUT2D eigenvalue weighted by atomic mass is 19.1. The van der Waals surface area contributed by atoms with Gasteiger partial charge in [-0.05, 0) is 31.5 Å². The van der Waals surface area contributed by atoms with Crippen molar-refractivity contribution in [1.82, 2.24) is 30.4 Å². The standard InChI is InChI=1S/C20H21FN6O5/c1-10-25-26-17(32-10)16(30)24-20(2,3)19-23-13(14(28)18(31)27(19)4)15(29)22-9-11-5-7-12(21)8-6-11/h5-8,28H,9H2,1-4H3,(H,22,29)(H,24,30)/i1D3. The number of hydrogen-bond donors (Lipinski definition) is 3. The number of aromatic nitrogens is 4. The van der Waals surface area contributed by atoms with E-state index in [2.05, 4.69) is 25.8 Å². The van der Waals surface area contributed by atoms with Gasteiger partial charge in [0, 0.05) is 24.6 Å². The van der Waals surface area contributed by atoms with Crippen LogP contribution in [0.3, 0.4) is 0 Å². The van der Waals surface area contributed by atoms with Crippen LogP contribution in [0.1, 0.15) is 56.4 Å². The van der Waals surface area contributed by atoms with E-state index in [-0.39, 0.29) is 12.4 Å². The third-order valence-electron chi connectivity index (χ3n) is 4.45. The van der Waals surface area contributed by atoms with E-state index in [1.54, 1.807) is 0 Å². The SMILES string of the molecule is [2H]C([2H])([2H])c1nnc(C(=O)NC(C)(C)c2nc(C(=O)NCc3ccc(F)cc3)c(O)c(=O)n2C)o1. The predicted octanol–water partition coefficient (Wildman–Crippen LogP) is 0.912. The molecule has 32 heavy (non-hydrogen) atoms. The number of nitrogens with one attached hydrogen (secondary N) is 2. The van der Waals surface area contributed by atoms with Crippen LogP contribution in [-0.4, -0.2) is 36.7 Å². The molecule has 0 atom stereocenters. The number of rotatable bonds is 6. The summed E-state index contributed by atoms with van der Waals surface area (Å²) >= 11 is 0. The van der Waals surface area contributed by atoms with Gasteiger partial charge in [0.25, 0.3) is 11.5 Å². The van der Waals surface area contributed by atoms with E-state index in [0.717, 1.165) is 4.57 Å². The molecule has 0 fully saturated rings. The Morgan fingerprint density at radius 1 is 1.25 bits per heavy atom. The summed E-state index contributed by atoms with van der Waals surface area (Å²) in [5.41, 5.74) is -2.41. The van der Waals surface area contributed by atoms with E-state index in [1.807, 2.05) is 0 Å². The van der Waals surface area contributed by atoms with Crippen molar-refractivity contribution in [1.29, 1.82) is 0 Å². The molecule has 168 valence electrons. The molecule has 1 aromatic carbocycles. The van der Waals surface area contributed by atoms with Crippen molar-refractivity contribution in [2.75, 3.05) is 0 Å². The largest absolute Gasteiger partial charge is 0.501 e. The van der Waals surface area contributed by atoms with E-state index in [9.17, 15) is 23.9 Å². The molecule has 12 heteroatoms. The van der Waals surface area contributed by atoms with Gasteiger partial charge < -0.3 is 20.2 Å². The molecule has 0 aliphatic rings. The molecule has 11 nitrogen and oxygen atoms in total. The van der Waals surface area contributed by atoms with Gasteiger partial charge in [-0.2, -0.15) is 0 Å². The molecule has 0 saturated carbocycles. The number of carbonyl (C=O) groups excluding carboxylic acids is 2. The Kier molecular flexibility index (Phi) is 5.00. The zero-order valence-corrected chi connectivity index (χ0v) is 17.3. The molecule has 0 saturated heterocycles. The molecule has 2 amide bonds. The summed E-state index contributed by atoms with van der Waals surface area (Å²) in [7, 11) is 1.28. The van der Waals surface area contributed by atoms with Crippen molar-refractivity contribution in [2.45, 2.75) is 32.8 Å². The second kappa shape index (κ2) is 8.57. The lowest BCUT2D eigenvalue weighted by molar-refractivity contribution is 0.0869. The van der Waals surface area contributed by atoms with Crippen LogP contribution in [0.15, 0.2) is 33.5 Å². The van der Waals surface area contributed by atoms with Crippen LogP contribution in [0, 0.1) is 12.7 Å². The summed E-state index contributed by atoms with van der Waals surface area (Å²) in [6, 6.07) is 5.32. The third-order valence-corrected chi connectivity index (χ3v) is 4.45. The maximum absolute atomic E-state index is 13.1. The van der Waals surface area contributed by atoms with Gasteiger partial charge in [-0.3, -0.25) is 19.0 Å². The molecule has 0 radical (unpaired) electrons. The van der Waals surface area contributed by atoms with E-state index < -0.39 is 58.8 Å². The molecule has 3 aromatic rings. The minimum Gasteiger partial charge on any atom is -0.501 e. The highest BCUT2D eigenvalue weighted by Gasteiger charge is 2.32. The van der Waals surface area contributed by atoms with E-state index >= 15 is 0 Å². The minimum atomic E-state index is -2.71. The Morgan fingerprint density at radius 2 is 1.94 bits per heavy atom. The van der Waals surface area contributed by atoms with E-state index in [0.29, 0.717) is 5.56 Å². The number of aryl methyl sites for hydroxylation is 1. The highest BCUT2D eigenvalue weighted by molar-refractivity contribution is 5.94. The van der Waals surface area contributed by atoms with Crippen LogP contribution in [-0.2, 0) is 19.1 Å². The summed E-state index contributed by atoms with van der Waals surface area (Å²) in [5.74, 6) is -4.67. The highest BCUT2D eigenvalue weighted by Crippen LogP contribution is 2.20. The Balaban J connectivity index is 1.87. The summed E-state index contributed by atoms with van der Waals surface area (Å²) in [5, 5.41) is 21.9. The number of amides is 2. The third kappa shape index (κ3) is 4.63. The van der Waals surface area contributed by atoms with Crippen molar-refractivity contribution in [3.05, 3.63) is 69.3 Å². The molecule has 2 aromatic heterocycles. The molecule has 2 heterocycles.